The van der Waals surface area contributed by atoms with Gasteiger partial charge in [0.1, 0.15) is 5.82 Å². The fourth-order valence-corrected chi connectivity index (χ4v) is 3.05. The minimum absolute atomic E-state index is 0.0924. The lowest BCUT2D eigenvalue weighted by molar-refractivity contribution is -0.115. The third-order valence-electron chi connectivity index (χ3n) is 2.85. The molecule has 5 nitrogen and oxygen atoms in total. The number of halogens is 1. The summed E-state index contributed by atoms with van der Waals surface area (Å²) in [6.45, 7) is 0. The van der Waals surface area contributed by atoms with Crippen molar-refractivity contribution >= 4 is 29.2 Å². The fraction of sp³-hybridized carbons (Fsp3) is 0.333. The number of benzene rings is 1. The highest BCUT2D eigenvalue weighted by atomic mass is 32.2. The maximum atomic E-state index is 13.2. The van der Waals surface area contributed by atoms with Crippen molar-refractivity contribution in [2.24, 2.45) is 10.9 Å². The molecule has 102 valence electrons. The van der Waals surface area contributed by atoms with Gasteiger partial charge < -0.3 is 16.3 Å². The molecule has 0 radical (unpaired) electrons. The first kappa shape index (κ1) is 13.7. The molecule has 1 aromatic carbocycles. The molecule has 1 aliphatic rings. The van der Waals surface area contributed by atoms with Crippen LogP contribution < -0.4 is 11.1 Å². The molecule has 0 spiro atoms. The summed E-state index contributed by atoms with van der Waals surface area (Å²) in [5.41, 5.74) is 5.98. The van der Waals surface area contributed by atoms with Crippen molar-refractivity contribution < 1.29 is 14.4 Å². The van der Waals surface area contributed by atoms with Crippen molar-refractivity contribution in [2.45, 2.75) is 18.1 Å². The molecule has 0 aliphatic carbocycles. The maximum absolute atomic E-state index is 13.2. The van der Waals surface area contributed by atoms with Crippen LogP contribution in [0.25, 0.3) is 0 Å². The van der Waals surface area contributed by atoms with Crippen LogP contribution in [0.3, 0.4) is 0 Å². The Labute approximate surface area is 114 Å². The lowest BCUT2D eigenvalue weighted by Crippen LogP contribution is -2.25. The van der Waals surface area contributed by atoms with E-state index in [2.05, 4.69) is 10.5 Å². The first-order valence-electron chi connectivity index (χ1n) is 5.81. The molecule has 1 saturated heterocycles. The van der Waals surface area contributed by atoms with Crippen molar-refractivity contribution in [3.63, 3.8) is 0 Å². The summed E-state index contributed by atoms with van der Waals surface area (Å²) in [6, 6.07) is 3.73. The monoisotopic (exact) mass is 283 g/mol. The maximum Gasteiger partial charge on any atom is 0.237 e. The first-order valence-corrected chi connectivity index (χ1v) is 6.86. The summed E-state index contributed by atoms with van der Waals surface area (Å²) in [4.78, 5) is 12.0. The zero-order valence-corrected chi connectivity index (χ0v) is 10.9. The smallest absolute Gasteiger partial charge is 0.237 e. The van der Waals surface area contributed by atoms with Gasteiger partial charge in [0.25, 0.3) is 0 Å². The molecule has 1 atom stereocenters. The largest absolute Gasteiger partial charge is 0.409 e. The second-order valence-electron chi connectivity index (χ2n) is 4.17. The Hall–Kier alpha value is -1.76. The van der Waals surface area contributed by atoms with Gasteiger partial charge in [-0.3, -0.25) is 4.79 Å². The van der Waals surface area contributed by atoms with E-state index in [1.807, 2.05) is 0 Å². The Morgan fingerprint density at radius 1 is 1.58 bits per heavy atom. The summed E-state index contributed by atoms with van der Waals surface area (Å²) in [5, 5.41) is 14.1. The number of thioether (sulfide) groups is 1. The van der Waals surface area contributed by atoms with Gasteiger partial charge in [0, 0.05) is 5.56 Å². The van der Waals surface area contributed by atoms with Gasteiger partial charge in [-0.1, -0.05) is 5.16 Å². The third-order valence-corrected chi connectivity index (χ3v) is 4.22. The van der Waals surface area contributed by atoms with Gasteiger partial charge >= 0.3 is 0 Å². The minimum atomic E-state index is -0.519. The number of nitrogens with two attached hydrogens (primary N) is 1. The molecule has 0 saturated carbocycles. The minimum Gasteiger partial charge on any atom is -0.409 e. The number of carbonyl (C=O) groups is 1. The summed E-state index contributed by atoms with van der Waals surface area (Å²) in [6.07, 6.45) is 1.84. The number of anilines is 1. The van der Waals surface area contributed by atoms with Crippen LogP contribution in [-0.4, -0.2) is 28.0 Å². The molecule has 0 bridgehead atoms. The molecule has 1 aliphatic heterocycles. The SMILES string of the molecule is N/C(=N/O)c1cc(F)ccc1NC(=O)C1CCCS1. The third kappa shape index (κ3) is 3.17. The van der Waals surface area contributed by atoms with Gasteiger partial charge in [0.2, 0.25) is 5.91 Å². The van der Waals surface area contributed by atoms with Crippen LogP contribution in [0.15, 0.2) is 23.4 Å². The van der Waals surface area contributed by atoms with E-state index < -0.39 is 5.82 Å². The first-order chi connectivity index (χ1) is 9.11. The van der Waals surface area contributed by atoms with Gasteiger partial charge in [-0.2, -0.15) is 0 Å². The topological polar surface area (TPSA) is 87.7 Å². The lowest BCUT2D eigenvalue weighted by atomic mass is 10.1. The van der Waals surface area contributed by atoms with Crippen LogP contribution in [0.4, 0.5) is 10.1 Å². The van der Waals surface area contributed by atoms with Crippen molar-refractivity contribution in [3.8, 4) is 0 Å². The second kappa shape index (κ2) is 5.92. The van der Waals surface area contributed by atoms with Crippen LogP contribution in [0.1, 0.15) is 18.4 Å². The van der Waals surface area contributed by atoms with Gasteiger partial charge in [-0.05, 0) is 36.8 Å². The number of oxime groups is 1. The summed E-state index contributed by atoms with van der Waals surface area (Å²) < 4.78 is 13.2. The van der Waals surface area contributed by atoms with E-state index in [0.717, 1.165) is 24.7 Å². The number of amidine groups is 1. The van der Waals surface area contributed by atoms with Crippen LogP contribution in [-0.2, 0) is 4.79 Å². The average molecular weight is 283 g/mol. The Morgan fingerprint density at radius 3 is 3.00 bits per heavy atom. The van der Waals surface area contributed by atoms with E-state index in [9.17, 15) is 9.18 Å². The molecule has 7 heteroatoms. The number of carbonyl (C=O) groups excluding carboxylic acids is 1. The molecule has 1 fully saturated rings. The molecular formula is C12H14FN3O2S. The Morgan fingerprint density at radius 2 is 2.37 bits per heavy atom. The van der Waals surface area contributed by atoms with Crippen molar-refractivity contribution in [1.82, 2.24) is 0 Å². The quantitative estimate of drug-likeness (QED) is 0.341. The van der Waals surface area contributed by atoms with Crippen molar-refractivity contribution in [2.75, 3.05) is 11.1 Å². The summed E-state index contributed by atoms with van der Waals surface area (Å²) in [7, 11) is 0. The predicted molar refractivity (Wildman–Crippen MR) is 73.0 cm³/mol. The average Bonchev–Trinajstić information content (AvgIpc) is 2.94. The van der Waals surface area contributed by atoms with Crippen LogP contribution in [0.5, 0.6) is 0 Å². The number of nitrogens with one attached hydrogen (secondary N) is 1. The van der Waals surface area contributed by atoms with E-state index in [0.29, 0.717) is 5.69 Å². The normalized spacial score (nSPS) is 19.4. The van der Waals surface area contributed by atoms with E-state index in [1.54, 1.807) is 11.8 Å². The summed E-state index contributed by atoms with van der Waals surface area (Å²) >= 11 is 1.60. The van der Waals surface area contributed by atoms with Crippen LogP contribution >= 0.6 is 11.8 Å². The molecule has 19 heavy (non-hydrogen) atoms. The predicted octanol–water partition coefficient (Wildman–Crippen LogP) is 1.75. The molecule has 2 rings (SSSR count). The van der Waals surface area contributed by atoms with Gasteiger partial charge in [0.05, 0.1) is 10.9 Å². The van der Waals surface area contributed by atoms with Crippen LogP contribution in [0, 0.1) is 5.82 Å². The lowest BCUT2D eigenvalue weighted by Gasteiger charge is -2.13. The second-order valence-corrected chi connectivity index (χ2v) is 5.48. The number of nitrogens with zero attached hydrogens (tertiary/aromatic N) is 1. The zero-order valence-electron chi connectivity index (χ0n) is 10.1. The molecule has 4 N–H and O–H groups in total. The highest BCUT2D eigenvalue weighted by Crippen LogP contribution is 2.28. The molecule has 1 aromatic rings. The van der Waals surface area contributed by atoms with Crippen molar-refractivity contribution in [3.05, 3.63) is 29.6 Å². The molecule has 1 amide bonds. The van der Waals surface area contributed by atoms with Gasteiger partial charge in [-0.15, -0.1) is 11.8 Å². The number of rotatable bonds is 3. The molecular weight excluding hydrogens is 269 g/mol. The van der Waals surface area contributed by atoms with Crippen molar-refractivity contribution in [1.29, 1.82) is 0 Å². The van der Waals surface area contributed by atoms with E-state index >= 15 is 0 Å². The molecule has 1 unspecified atom stereocenters. The molecule has 0 aromatic heterocycles. The Balaban J connectivity index is 2.21. The number of amides is 1. The van der Waals surface area contributed by atoms with Gasteiger partial charge in [0.15, 0.2) is 5.84 Å². The van der Waals surface area contributed by atoms with E-state index in [-0.39, 0.29) is 22.6 Å². The highest BCUT2D eigenvalue weighted by Gasteiger charge is 2.24. The van der Waals surface area contributed by atoms with E-state index in [1.165, 1.54) is 12.1 Å². The Bertz CT molecular complexity index is 516. The van der Waals surface area contributed by atoms with E-state index in [4.69, 9.17) is 10.9 Å². The standard InChI is InChI=1S/C12H14FN3O2S/c13-7-3-4-9(8(6-7)11(14)16-18)15-12(17)10-2-1-5-19-10/h3-4,6,10,18H,1-2,5H2,(H2,14,16)(H,15,17). The fourth-order valence-electron chi connectivity index (χ4n) is 1.89. The number of hydrogen-bond acceptors (Lipinski definition) is 4. The molecule has 1 heterocycles. The number of hydrogen-bond donors (Lipinski definition) is 3. The Kier molecular flexibility index (Phi) is 4.26. The van der Waals surface area contributed by atoms with Crippen LogP contribution in [0.2, 0.25) is 0 Å². The highest BCUT2D eigenvalue weighted by molar-refractivity contribution is 8.00. The summed E-state index contributed by atoms with van der Waals surface area (Å²) in [5.74, 6) is 0.0685. The van der Waals surface area contributed by atoms with Gasteiger partial charge in [-0.25, -0.2) is 4.39 Å². The zero-order chi connectivity index (χ0) is 13.8.